The number of ether oxygens (including phenoxy) is 1. The molecule has 1 N–H and O–H groups in total. The second-order valence-corrected chi connectivity index (χ2v) is 7.45. The molecule has 0 aromatic carbocycles. The number of nitrogens with zero attached hydrogens (tertiary/aromatic N) is 3. The first-order valence-corrected chi connectivity index (χ1v) is 9.43. The monoisotopic (exact) mass is 381 g/mol. The topological polar surface area (TPSA) is 93.8 Å². The summed E-state index contributed by atoms with van der Waals surface area (Å²) in [7, 11) is 1.56. The van der Waals surface area contributed by atoms with Gasteiger partial charge in [0.05, 0.1) is 25.1 Å². The quantitative estimate of drug-likeness (QED) is 0.776. The van der Waals surface area contributed by atoms with E-state index < -0.39 is 6.10 Å². The van der Waals surface area contributed by atoms with Crippen molar-refractivity contribution >= 4 is 27.5 Å². The molecule has 3 rings (SSSR count). The number of likely N-dealkylation sites (tertiary alicyclic amines) is 1. The van der Waals surface area contributed by atoms with Crippen LogP contribution >= 0.6 is 11.3 Å². The predicted octanol–water partition coefficient (Wildman–Crippen LogP) is 0.293. The third-order valence-electron chi connectivity index (χ3n) is 4.83. The molecule has 9 heteroatoms. The number of hydrogen-bond donors (Lipinski definition) is 1. The Labute approximate surface area is 154 Å². The normalized spacial score (nSPS) is 17.6. The summed E-state index contributed by atoms with van der Waals surface area (Å²) in [4.78, 5) is 40.6. The molecule has 0 saturated carbocycles. The molecule has 0 bridgehead atoms. The summed E-state index contributed by atoms with van der Waals surface area (Å²) in [5.74, 6) is -0.287. The lowest BCUT2D eigenvalue weighted by Gasteiger charge is -2.14. The van der Waals surface area contributed by atoms with Crippen LogP contribution in [0.3, 0.4) is 0 Å². The van der Waals surface area contributed by atoms with Crippen LogP contribution in [-0.4, -0.2) is 51.4 Å². The predicted molar refractivity (Wildman–Crippen MR) is 98.7 cm³/mol. The van der Waals surface area contributed by atoms with E-state index in [2.05, 4.69) is 0 Å². The van der Waals surface area contributed by atoms with Crippen molar-refractivity contribution in [3.05, 3.63) is 31.3 Å². The first-order valence-electron chi connectivity index (χ1n) is 8.62. The van der Waals surface area contributed by atoms with Gasteiger partial charge in [0.2, 0.25) is 0 Å². The summed E-state index contributed by atoms with van der Waals surface area (Å²) in [6.45, 7) is 5.45. The second-order valence-electron chi connectivity index (χ2n) is 6.37. The maximum absolute atomic E-state index is 12.8. The summed E-state index contributed by atoms with van der Waals surface area (Å²) in [5, 5.41) is 10.2. The Kier molecular flexibility index (Phi) is 5.31. The van der Waals surface area contributed by atoms with Crippen molar-refractivity contribution in [1.82, 2.24) is 14.0 Å². The Morgan fingerprint density at radius 1 is 1.27 bits per heavy atom. The van der Waals surface area contributed by atoms with Crippen LogP contribution in [0.15, 0.2) is 9.59 Å². The van der Waals surface area contributed by atoms with Gasteiger partial charge in [-0.3, -0.25) is 18.7 Å². The van der Waals surface area contributed by atoms with Gasteiger partial charge in [-0.05, 0) is 25.8 Å². The Morgan fingerprint density at radius 2 is 2.00 bits per heavy atom. The minimum atomic E-state index is -0.943. The molecule has 0 radical (unpaired) electrons. The molecule has 2 aromatic rings. The summed E-state index contributed by atoms with van der Waals surface area (Å²) in [6.07, 6.45) is -0.522. The van der Waals surface area contributed by atoms with E-state index in [-0.39, 0.29) is 17.2 Å². The standard InChI is InChI=1S/C17H23N3O5S/c1-4-19-15(23)13-10(2)12(9-18-6-5-11(21)14(18)22)26-16(13)20(17(19)24)7-8-25-3/h11,21H,4-9H2,1-3H3/t11-/m1/s1. The minimum Gasteiger partial charge on any atom is -0.383 e. The van der Waals surface area contributed by atoms with Crippen molar-refractivity contribution in [2.45, 2.75) is 46.0 Å². The molecule has 1 atom stereocenters. The molecule has 3 heterocycles. The lowest BCUT2D eigenvalue weighted by atomic mass is 10.2. The van der Waals surface area contributed by atoms with E-state index in [1.807, 2.05) is 6.92 Å². The molecule has 1 aliphatic heterocycles. The number of aliphatic hydroxyl groups is 1. The molecule has 26 heavy (non-hydrogen) atoms. The van der Waals surface area contributed by atoms with Crippen LogP contribution in [0.1, 0.15) is 23.8 Å². The van der Waals surface area contributed by atoms with E-state index in [9.17, 15) is 19.5 Å². The van der Waals surface area contributed by atoms with E-state index in [4.69, 9.17) is 4.74 Å². The third kappa shape index (κ3) is 3.00. The molecule has 1 fully saturated rings. The highest BCUT2D eigenvalue weighted by Gasteiger charge is 2.31. The fraction of sp³-hybridized carbons (Fsp3) is 0.588. The maximum atomic E-state index is 12.8. The van der Waals surface area contributed by atoms with Crippen molar-refractivity contribution in [2.75, 3.05) is 20.3 Å². The lowest BCUT2D eigenvalue weighted by Crippen LogP contribution is -2.39. The van der Waals surface area contributed by atoms with Gasteiger partial charge >= 0.3 is 5.69 Å². The van der Waals surface area contributed by atoms with Crippen LogP contribution in [0.2, 0.25) is 0 Å². The first-order chi connectivity index (χ1) is 12.4. The van der Waals surface area contributed by atoms with E-state index in [0.717, 1.165) is 10.4 Å². The summed E-state index contributed by atoms with van der Waals surface area (Å²) in [6, 6.07) is 0. The fourth-order valence-corrected chi connectivity index (χ4v) is 4.63. The highest BCUT2D eigenvalue weighted by Crippen LogP contribution is 2.30. The van der Waals surface area contributed by atoms with Crippen molar-refractivity contribution in [1.29, 1.82) is 0 Å². The number of carbonyl (C=O) groups excluding carboxylic acids is 1. The Balaban J connectivity index is 2.14. The molecular formula is C17H23N3O5S. The highest BCUT2D eigenvalue weighted by atomic mass is 32.1. The molecule has 1 amide bonds. The van der Waals surface area contributed by atoms with Crippen LogP contribution < -0.4 is 11.2 Å². The Hall–Kier alpha value is -1.97. The van der Waals surface area contributed by atoms with Crippen LogP contribution in [0.25, 0.3) is 10.2 Å². The van der Waals surface area contributed by atoms with Gasteiger partial charge in [0.1, 0.15) is 10.9 Å². The number of thiophene rings is 1. The van der Waals surface area contributed by atoms with E-state index in [0.29, 0.717) is 49.4 Å². The molecule has 0 unspecified atom stereocenters. The van der Waals surface area contributed by atoms with Crippen molar-refractivity contribution < 1.29 is 14.6 Å². The zero-order chi connectivity index (χ0) is 19.0. The third-order valence-corrected chi connectivity index (χ3v) is 6.13. The van der Waals surface area contributed by atoms with E-state index in [1.165, 1.54) is 15.9 Å². The zero-order valence-corrected chi connectivity index (χ0v) is 16.0. The van der Waals surface area contributed by atoms with Crippen LogP contribution in [0.5, 0.6) is 0 Å². The number of methoxy groups -OCH3 is 1. The number of aryl methyl sites for hydroxylation is 1. The minimum absolute atomic E-state index is 0.287. The molecular weight excluding hydrogens is 358 g/mol. The smallest absolute Gasteiger partial charge is 0.332 e. The van der Waals surface area contributed by atoms with Gasteiger partial charge in [0.25, 0.3) is 11.5 Å². The SMILES string of the molecule is CCn1c(=O)c2c(C)c(CN3CC[C@@H](O)C3=O)sc2n(CCOC)c1=O. The number of carbonyl (C=O) groups is 1. The second kappa shape index (κ2) is 7.34. The molecule has 1 saturated heterocycles. The Bertz CT molecular complexity index is 958. The maximum Gasteiger partial charge on any atom is 0.332 e. The number of aromatic nitrogens is 2. The summed E-state index contributed by atoms with van der Waals surface area (Å²) in [5.41, 5.74) is 0.147. The Morgan fingerprint density at radius 3 is 2.58 bits per heavy atom. The molecule has 0 spiro atoms. The first kappa shape index (κ1) is 18.8. The number of amides is 1. The highest BCUT2D eigenvalue weighted by molar-refractivity contribution is 7.18. The van der Waals surface area contributed by atoms with Gasteiger partial charge in [0, 0.05) is 25.1 Å². The van der Waals surface area contributed by atoms with Crippen molar-refractivity contribution in [3.63, 3.8) is 0 Å². The molecule has 8 nitrogen and oxygen atoms in total. The van der Waals surface area contributed by atoms with Gasteiger partial charge in [-0.25, -0.2) is 4.79 Å². The zero-order valence-electron chi connectivity index (χ0n) is 15.2. The largest absolute Gasteiger partial charge is 0.383 e. The molecule has 2 aromatic heterocycles. The average Bonchev–Trinajstić information content (AvgIpc) is 3.10. The molecule has 0 aliphatic carbocycles. The van der Waals surface area contributed by atoms with E-state index in [1.54, 1.807) is 23.5 Å². The number of rotatable bonds is 6. The number of aliphatic hydroxyl groups excluding tert-OH is 1. The lowest BCUT2D eigenvalue weighted by molar-refractivity contribution is -0.134. The van der Waals surface area contributed by atoms with E-state index >= 15 is 0 Å². The summed E-state index contributed by atoms with van der Waals surface area (Å²) < 4.78 is 7.90. The van der Waals surface area contributed by atoms with Crippen LogP contribution in [0, 0.1) is 6.92 Å². The summed E-state index contributed by atoms with van der Waals surface area (Å²) >= 11 is 1.36. The fourth-order valence-electron chi connectivity index (χ4n) is 3.30. The van der Waals surface area contributed by atoms with Crippen LogP contribution in [-0.2, 0) is 29.2 Å². The van der Waals surface area contributed by atoms with Crippen LogP contribution in [0.4, 0.5) is 0 Å². The van der Waals surface area contributed by atoms with Gasteiger partial charge in [-0.15, -0.1) is 11.3 Å². The number of fused-ring (bicyclic) bond motifs is 1. The average molecular weight is 381 g/mol. The van der Waals surface area contributed by atoms with Crippen molar-refractivity contribution in [3.8, 4) is 0 Å². The van der Waals surface area contributed by atoms with Gasteiger partial charge in [-0.2, -0.15) is 0 Å². The molecule has 142 valence electrons. The van der Waals surface area contributed by atoms with Gasteiger partial charge in [-0.1, -0.05) is 0 Å². The molecule has 1 aliphatic rings. The number of hydrogen-bond acceptors (Lipinski definition) is 6. The van der Waals surface area contributed by atoms with Gasteiger partial charge < -0.3 is 14.7 Å². The van der Waals surface area contributed by atoms with Crippen molar-refractivity contribution in [2.24, 2.45) is 0 Å². The van der Waals surface area contributed by atoms with Gasteiger partial charge in [0.15, 0.2) is 0 Å².